The Morgan fingerprint density at radius 3 is 3.06 bits per heavy atom. The zero-order valence-electron chi connectivity index (χ0n) is 8.15. The first-order chi connectivity index (χ1) is 7.61. The lowest BCUT2D eigenvalue weighted by molar-refractivity contribution is -0.117. The van der Waals surface area contributed by atoms with Crippen LogP contribution in [-0.2, 0) is 4.79 Å². The highest BCUT2D eigenvalue weighted by Gasteiger charge is 2.31. The van der Waals surface area contributed by atoms with E-state index in [0.717, 1.165) is 0 Å². The maximum absolute atomic E-state index is 11.7. The van der Waals surface area contributed by atoms with Gasteiger partial charge in [-0.15, -0.1) is 12.3 Å². The first-order valence-electron chi connectivity index (χ1n) is 4.56. The van der Waals surface area contributed by atoms with Crippen LogP contribution in [0.25, 0.3) is 0 Å². The van der Waals surface area contributed by atoms with E-state index in [2.05, 4.69) is 31.8 Å². The van der Waals surface area contributed by atoms with Gasteiger partial charge in [-0.1, -0.05) is 0 Å². The van der Waals surface area contributed by atoms with Gasteiger partial charge in [-0.25, -0.2) is 4.98 Å². The summed E-state index contributed by atoms with van der Waals surface area (Å²) in [7, 11) is 0. The summed E-state index contributed by atoms with van der Waals surface area (Å²) in [6.07, 6.45) is 7.17. The molecule has 0 aliphatic carbocycles. The Bertz CT molecular complexity index is 485. The number of nitrogens with zero attached hydrogens (tertiary/aromatic N) is 3. The molecule has 0 bridgehead atoms. The summed E-state index contributed by atoms with van der Waals surface area (Å²) in [6.45, 7) is 0.473. The summed E-state index contributed by atoms with van der Waals surface area (Å²) in [6, 6.07) is 0. The number of carbonyl (C=O) groups is 1. The third-order valence-corrected chi connectivity index (χ3v) is 3.05. The molecular weight excluding hydrogens is 293 g/mol. The van der Waals surface area contributed by atoms with Crippen LogP contribution in [0.3, 0.4) is 0 Å². The van der Waals surface area contributed by atoms with Crippen molar-refractivity contribution in [2.24, 2.45) is 5.92 Å². The monoisotopic (exact) mass is 299 g/mol. The van der Waals surface area contributed by atoms with E-state index in [1.165, 1.54) is 11.1 Å². The summed E-state index contributed by atoms with van der Waals surface area (Å²) < 4.78 is 0.628. The Morgan fingerprint density at radius 2 is 2.44 bits per heavy atom. The smallest absolute Gasteiger partial charge is 0.229 e. The highest BCUT2D eigenvalue weighted by Crippen LogP contribution is 2.29. The lowest BCUT2D eigenvalue weighted by Gasteiger charge is -2.15. The normalized spacial score (nSPS) is 19.9. The summed E-state index contributed by atoms with van der Waals surface area (Å²) >= 11 is 8.97. The van der Waals surface area contributed by atoms with Crippen LogP contribution < -0.4 is 4.90 Å². The number of halogens is 2. The van der Waals surface area contributed by atoms with E-state index in [1.54, 1.807) is 0 Å². The molecule has 2 heterocycles. The zero-order valence-corrected chi connectivity index (χ0v) is 10.5. The second kappa shape index (κ2) is 4.40. The number of rotatable bonds is 1. The van der Waals surface area contributed by atoms with Crippen LogP contribution in [0.15, 0.2) is 10.7 Å². The Morgan fingerprint density at radius 1 is 1.69 bits per heavy atom. The van der Waals surface area contributed by atoms with Crippen LogP contribution in [-0.4, -0.2) is 22.4 Å². The molecule has 4 nitrogen and oxygen atoms in total. The van der Waals surface area contributed by atoms with Gasteiger partial charge in [-0.2, -0.15) is 4.98 Å². The minimum atomic E-state index is -0.0619. The lowest BCUT2D eigenvalue weighted by Crippen LogP contribution is -2.26. The molecule has 82 valence electrons. The van der Waals surface area contributed by atoms with E-state index in [9.17, 15) is 4.79 Å². The highest BCUT2D eigenvalue weighted by atomic mass is 79.9. The average Bonchev–Trinajstić information content (AvgIpc) is 2.63. The highest BCUT2D eigenvalue weighted by molar-refractivity contribution is 9.10. The van der Waals surface area contributed by atoms with E-state index in [1.807, 2.05) is 0 Å². The fraction of sp³-hybridized carbons (Fsp3) is 0.300. The van der Waals surface area contributed by atoms with E-state index in [0.29, 0.717) is 23.3 Å². The SMILES string of the molecule is C#CC1CC(=O)N(c2nc(Cl)ncc2Br)C1. The van der Waals surface area contributed by atoms with Crippen molar-refractivity contribution < 1.29 is 4.79 Å². The van der Waals surface area contributed by atoms with E-state index in [-0.39, 0.29) is 17.1 Å². The van der Waals surface area contributed by atoms with E-state index in [4.69, 9.17) is 18.0 Å². The van der Waals surface area contributed by atoms with E-state index < -0.39 is 0 Å². The van der Waals surface area contributed by atoms with Crippen molar-refractivity contribution in [1.82, 2.24) is 9.97 Å². The molecule has 1 unspecified atom stereocenters. The molecule has 0 saturated carbocycles. The number of anilines is 1. The summed E-state index contributed by atoms with van der Waals surface area (Å²) in [4.78, 5) is 21.1. The van der Waals surface area contributed by atoms with Crippen molar-refractivity contribution in [2.75, 3.05) is 11.4 Å². The van der Waals surface area contributed by atoms with Crippen molar-refractivity contribution in [3.8, 4) is 12.3 Å². The van der Waals surface area contributed by atoms with Gasteiger partial charge in [0.15, 0.2) is 5.82 Å². The number of terminal acetylenes is 1. The predicted molar refractivity (Wildman–Crippen MR) is 64.0 cm³/mol. The Balaban J connectivity index is 2.35. The third kappa shape index (κ3) is 2.04. The summed E-state index contributed by atoms with van der Waals surface area (Å²) in [5.41, 5.74) is 0. The van der Waals surface area contributed by atoms with Gasteiger partial charge in [-0.05, 0) is 27.5 Å². The van der Waals surface area contributed by atoms with Gasteiger partial charge in [0.2, 0.25) is 11.2 Å². The maximum Gasteiger partial charge on any atom is 0.229 e. The average molecular weight is 301 g/mol. The molecule has 1 aromatic rings. The molecule has 1 atom stereocenters. The standard InChI is InChI=1S/C10H7BrClN3O/c1-2-6-3-8(16)15(5-6)9-7(11)4-13-10(12)14-9/h1,4,6H,3,5H2. The van der Waals surface area contributed by atoms with E-state index >= 15 is 0 Å². The largest absolute Gasteiger partial charge is 0.294 e. The topological polar surface area (TPSA) is 46.1 Å². The van der Waals surface area contributed by atoms with Crippen LogP contribution in [0.1, 0.15) is 6.42 Å². The molecule has 1 fully saturated rings. The molecule has 1 aliphatic heterocycles. The van der Waals surface area contributed by atoms with Gasteiger partial charge < -0.3 is 0 Å². The van der Waals surface area contributed by atoms with Crippen molar-refractivity contribution in [1.29, 1.82) is 0 Å². The molecule has 1 saturated heterocycles. The summed E-state index contributed by atoms with van der Waals surface area (Å²) in [5, 5.41) is 0.107. The molecule has 0 aromatic carbocycles. The quantitative estimate of drug-likeness (QED) is 0.587. The fourth-order valence-corrected chi connectivity index (χ4v) is 2.08. The van der Waals surface area contributed by atoms with Gasteiger partial charge in [0, 0.05) is 25.1 Å². The van der Waals surface area contributed by atoms with Gasteiger partial charge >= 0.3 is 0 Å². The molecule has 0 N–H and O–H groups in total. The second-order valence-electron chi connectivity index (χ2n) is 3.38. The number of amides is 1. The van der Waals surface area contributed by atoms with Gasteiger partial charge in [0.1, 0.15) is 0 Å². The molecule has 0 radical (unpaired) electrons. The molecule has 0 spiro atoms. The predicted octanol–water partition coefficient (Wildman–Crippen LogP) is 1.88. The second-order valence-corrected chi connectivity index (χ2v) is 4.58. The molecule has 1 amide bonds. The molecular formula is C10H7BrClN3O. The van der Waals surface area contributed by atoms with Crippen molar-refractivity contribution in [2.45, 2.75) is 6.42 Å². The Kier molecular flexibility index (Phi) is 3.13. The molecule has 1 aliphatic rings. The number of hydrogen-bond donors (Lipinski definition) is 0. The van der Waals surface area contributed by atoms with Crippen molar-refractivity contribution >= 4 is 39.3 Å². The minimum absolute atomic E-state index is 0.0431. The molecule has 1 aromatic heterocycles. The molecule has 6 heteroatoms. The van der Waals surface area contributed by atoms with Crippen LogP contribution in [0.4, 0.5) is 5.82 Å². The Hall–Kier alpha value is -1.12. The fourth-order valence-electron chi connectivity index (χ4n) is 1.55. The third-order valence-electron chi connectivity index (χ3n) is 2.31. The lowest BCUT2D eigenvalue weighted by atomic mass is 10.1. The molecule has 2 rings (SSSR count). The zero-order chi connectivity index (χ0) is 11.7. The van der Waals surface area contributed by atoms with Crippen molar-refractivity contribution in [3.05, 3.63) is 16.0 Å². The van der Waals surface area contributed by atoms with Crippen LogP contribution >= 0.6 is 27.5 Å². The minimum Gasteiger partial charge on any atom is -0.294 e. The van der Waals surface area contributed by atoms with Crippen molar-refractivity contribution in [3.63, 3.8) is 0 Å². The maximum atomic E-state index is 11.7. The Labute approximate surface area is 106 Å². The number of carbonyl (C=O) groups excluding carboxylic acids is 1. The number of aromatic nitrogens is 2. The van der Waals surface area contributed by atoms with Gasteiger partial charge in [0.05, 0.1) is 4.47 Å². The summed E-state index contributed by atoms with van der Waals surface area (Å²) in [5.74, 6) is 2.94. The molecule has 16 heavy (non-hydrogen) atoms. The van der Waals surface area contributed by atoms with Crippen LogP contribution in [0, 0.1) is 18.3 Å². The van der Waals surface area contributed by atoms with Crippen LogP contribution in [0.2, 0.25) is 5.28 Å². The van der Waals surface area contributed by atoms with Gasteiger partial charge in [-0.3, -0.25) is 9.69 Å². The first-order valence-corrected chi connectivity index (χ1v) is 5.73. The number of hydrogen-bond acceptors (Lipinski definition) is 3. The first kappa shape index (κ1) is 11.4. The van der Waals surface area contributed by atoms with Gasteiger partial charge in [0.25, 0.3) is 0 Å². The van der Waals surface area contributed by atoms with Crippen LogP contribution in [0.5, 0.6) is 0 Å².